The van der Waals surface area contributed by atoms with Crippen molar-refractivity contribution in [3.05, 3.63) is 71.5 Å². The average Bonchev–Trinajstić information content (AvgIpc) is 3.29. The van der Waals surface area contributed by atoms with Crippen molar-refractivity contribution in [1.29, 1.82) is 5.41 Å². The molecule has 3 heterocycles. The van der Waals surface area contributed by atoms with E-state index in [0.717, 1.165) is 35.6 Å². The summed E-state index contributed by atoms with van der Waals surface area (Å²) in [6.45, 7) is 7.92. The molecular weight excluding hydrogens is 440 g/mol. The van der Waals surface area contributed by atoms with Crippen molar-refractivity contribution in [3.63, 3.8) is 0 Å². The number of carbonyl (C=O) groups excluding carboxylic acids is 1. The molecule has 8 heteroatoms. The molecule has 1 amide bonds. The van der Waals surface area contributed by atoms with Crippen LogP contribution in [0.1, 0.15) is 37.6 Å². The molecule has 4 rings (SSSR count). The number of amides is 1. The Morgan fingerprint density at radius 3 is 2.40 bits per heavy atom. The van der Waals surface area contributed by atoms with Gasteiger partial charge >= 0.3 is 6.09 Å². The van der Waals surface area contributed by atoms with E-state index >= 15 is 0 Å². The maximum absolute atomic E-state index is 12.4. The molecule has 184 valence electrons. The summed E-state index contributed by atoms with van der Waals surface area (Å²) in [5, 5.41) is 8.08. The highest BCUT2D eigenvalue weighted by Gasteiger charge is 2.28. The van der Waals surface area contributed by atoms with Crippen molar-refractivity contribution >= 4 is 17.7 Å². The standard InChI is InChI=1S/C27H34N6O2/c1-27(2,3)35-26(34)33-15-13-32(14-16-33)25-22(24(28)29)17-23(31-25)20-10-12-21(30-18-20)11-9-19-7-5-4-6-8-19/h4-8,10,12,17-18,31H,9,11,13-16H2,1-3H3,(H3,28,29). The van der Waals surface area contributed by atoms with Crippen molar-refractivity contribution in [2.24, 2.45) is 5.73 Å². The fraction of sp³-hybridized carbons (Fsp3) is 0.370. The fourth-order valence-electron chi connectivity index (χ4n) is 4.14. The number of pyridine rings is 1. The molecule has 0 bridgehead atoms. The second-order valence-electron chi connectivity index (χ2n) is 9.84. The molecule has 2 aromatic heterocycles. The molecule has 4 N–H and O–H groups in total. The number of nitrogens with two attached hydrogens (primary N) is 1. The molecule has 0 saturated carbocycles. The van der Waals surface area contributed by atoms with Gasteiger partial charge in [0, 0.05) is 49.3 Å². The van der Waals surface area contributed by atoms with Gasteiger partial charge in [0.15, 0.2) is 0 Å². The number of amidine groups is 1. The Morgan fingerprint density at radius 2 is 1.80 bits per heavy atom. The van der Waals surface area contributed by atoms with Gasteiger partial charge in [-0.05, 0) is 57.4 Å². The second-order valence-corrected chi connectivity index (χ2v) is 9.84. The van der Waals surface area contributed by atoms with E-state index in [9.17, 15) is 4.79 Å². The molecule has 1 aliphatic rings. The molecular formula is C27H34N6O2. The maximum Gasteiger partial charge on any atom is 0.410 e. The lowest BCUT2D eigenvalue weighted by molar-refractivity contribution is 0.0240. The van der Waals surface area contributed by atoms with Crippen molar-refractivity contribution in [2.45, 2.75) is 39.2 Å². The topological polar surface area (TPSA) is 111 Å². The van der Waals surface area contributed by atoms with Crippen LogP contribution in [0.5, 0.6) is 0 Å². The fourth-order valence-corrected chi connectivity index (χ4v) is 4.14. The predicted octanol–water partition coefficient (Wildman–Crippen LogP) is 4.20. The normalized spacial score (nSPS) is 14.1. The molecule has 1 aromatic carbocycles. The molecule has 1 fully saturated rings. The summed E-state index contributed by atoms with van der Waals surface area (Å²) < 4.78 is 5.49. The Balaban J connectivity index is 1.43. The van der Waals surface area contributed by atoms with Gasteiger partial charge in [0.25, 0.3) is 0 Å². The van der Waals surface area contributed by atoms with Crippen LogP contribution < -0.4 is 10.6 Å². The average molecular weight is 475 g/mol. The van der Waals surface area contributed by atoms with Gasteiger partial charge < -0.3 is 25.3 Å². The number of benzene rings is 1. The Kier molecular flexibility index (Phi) is 7.10. The van der Waals surface area contributed by atoms with Crippen molar-refractivity contribution in [3.8, 4) is 11.3 Å². The lowest BCUT2D eigenvalue weighted by Gasteiger charge is -2.36. The first-order valence-corrected chi connectivity index (χ1v) is 12.0. The Morgan fingerprint density at radius 1 is 1.09 bits per heavy atom. The van der Waals surface area contributed by atoms with E-state index in [4.69, 9.17) is 15.9 Å². The van der Waals surface area contributed by atoms with Crippen LogP contribution in [0.25, 0.3) is 11.3 Å². The smallest absolute Gasteiger partial charge is 0.410 e. The van der Waals surface area contributed by atoms with Gasteiger partial charge in [-0.2, -0.15) is 0 Å². The number of nitrogen functional groups attached to an aromatic ring is 1. The first-order chi connectivity index (χ1) is 16.7. The molecule has 0 spiro atoms. The number of hydrogen-bond donors (Lipinski definition) is 3. The van der Waals surface area contributed by atoms with Crippen LogP contribution in [0.2, 0.25) is 0 Å². The Bertz CT molecular complexity index is 1160. The number of ether oxygens (including phenoxy) is 1. The number of aromatic amines is 1. The summed E-state index contributed by atoms with van der Waals surface area (Å²) in [7, 11) is 0. The number of rotatable bonds is 6. The van der Waals surface area contributed by atoms with Crippen LogP contribution in [0, 0.1) is 5.41 Å². The quantitative estimate of drug-likeness (QED) is 0.366. The van der Waals surface area contributed by atoms with E-state index in [1.54, 1.807) is 4.90 Å². The van der Waals surface area contributed by atoms with E-state index in [2.05, 4.69) is 39.1 Å². The van der Waals surface area contributed by atoms with E-state index in [1.807, 2.05) is 51.2 Å². The monoisotopic (exact) mass is 474 g/mol. The van der Waals surface area contributed by atoms with Crippen LogP contribution in [-0.2, 0) is 17.6 Å². The zero-order chi connectivity index (χ0) is 25.0. The van der Waals surface area contributed by atoms with Gasteiger partial charge in [0.05, 0.1) is 5.56 Å². The number of anilines is 1. The Hall–Kier alpha value is -3.81. The van der Waals surface area contributed by atoms with E-state index in [1.165, 1.54) is 5.56 Å². The van der Waals surface area contributed by atoms with Crippen molar-refractivity contribution in [1.82, 2.24) is 14.9 Å². The minimum Gasteiger partial charge on any atom is -0.444 e. The first kappa shape index (κ1) is 24.3. The molecule has 8 nitrogen and oxygen atoms in total. The highest BCUT2D eigenvalue weighted by molar-refractivity contribution is 6.01. The third kappa shape index (κ3) is 6.20. The van der Waals surface area contributed by atoms with Gasteiger partial charge in [0.2, 0.25) is 0 Å². The van der Waals surface area contributed by atoms with Crippen LogP contribution in [0.4, 0.5) is 10.6 Å². The third-order valence-corrected chi connectivity index (χ3v) is 5.98. The molecule has 0 unspecified atom stereocenters. The van der Waals surface area contributed by atoms with Crippen LogP contribution in [0.15, 0.2) is 54.7 Å². The second kappa shape index (κ2) is 10.2. The summed E-state index contributed by atoms with van der Waals surface area (Å²) in [6.07, 6.45) is 3.39. The number of piperazine rings is 1. The summed E-state index contributed by atoms with van der Waals surface area (Å²) in [5.41, 5.74) is 10.2. The van der Waals surface area contributed by atoms with Crippen LogP contribution in [-0.4, -0.2) is 58.6 Å². The molecule has 0 radical (unpaired) electrons. The molecule has 1 saturated heterocycles. The van der Waals surface area contributed by atoms with E-state index in [0.29, 0.717) is 31.7 Å². The van der Waals surface area contributed by atoms with Gasteiger partial charge in [-0.25, -0.2) is 4.79 Å². The highest BCUT2D eigenvalue weighted by Crippen LogP contribution is 2.28. The van der Waals surface area contributed by atoms with Crippen molar-refractivity contribution < 1.29 is 9.53 Å². The number of H-pyrrole nitrogens is 1. The Labute approximate surface area is 206 Å². The van der Waals surface area contributed by atoms with Gasteiger partial charge in [-0.15, -0.1) is 0 Å². The molecule has 0 atom stereocenters. The summed E-state index contributed by atoms with van der Waals surface area (Å²) >= 11 is 0. The third-order valence-electron chi connectivity index (χ3n) is 5.98. The lowest BCUT2D eigenvalue weighted by Crippen LogP contribution is -2.50. The van der Waals surface area contributed by atoms with E-state index < -0.39 is 5.60 Å². The largest absolute Gasteiger partial charge is 0.444 e. The number of hydrogen-bond acceptors (Lipinski definition) is 5. The number of carbonyl (C=O) groups is 1. The number of nitrogens with one attached hydrogen (secondary N) is 2. The number of aryl methyl sites for hydroxylation is 2. The minimum absolute atomic E-state index is 0.00418. The van der Waals surface area contributed by atoms with Crippen molar-refractivity contribution in [2.75, 3.05) is 31.1 Å². The molecule has 1 aliphatic heterocycles. The summed E-state index contributed by atoms with van der Waals surface area (Å²) in [4.78, 5) is 24.3. The highest BCUT2D eigenvalue weighted by atomic mass is 16.6. The van der Waals surface area contributed by atoms with Gasteiger partial charge in [0.1, 0.15) is 17.3 Å². The van der Waals surface area contributed by atoms with E-state index in [-0.39, 0.29) is 11.9 Å². The van der Waals surface area contributed by atoms with Gasteiger partial charge in [-0.3, -0.25) is 10.4 Å². The molecule has 3 aromatic rings. The number of aromatic nitrogens is 2. The zero-order valence-electron chi connectivity index (χ0n) is 20.7. The lowest BCUT2D eigenvalue weighted by atomic mass is 10.1. The van der Waals surface area contributed by atoms with Crippen LogP contribution in [0.3, 0.4) is 0 Å². The zero-order valence-corrected chi connectivity index (χ0v) is 20.7. The first-order valence-electron chi connectivity index (χ1n) is 12.0. The summed E-state index contributed by atoms with van der Waals surface area (Å²) in [6, 6.07) is 16.4. The number of nitrogens with zero attached hydrogens (tertiary/aromatic N) is 3. The molecule has 0 aliphatic carbocycles. The predicted molar refractivity (Wildman–Crippen MR) is 139 cm³/mol. The summed E-state index contributed by atoms with van der Waals surface area (Å²) in [5.74, 6) is 0.800. The van der Waals surface area contributed by atoms with Gasteiger partial charge in [-0.1, -0.05) is 30.3 Å². The maximum atomic E-state index is 12.4. The van der Waals surface area contributed by atoms with Crippen LogP contribution >= 0.6 is 0 Å². The molecule has 35 heavy (non-hydrogen) atoms. The minimum atomic E-state index is -0.518. The SMILES string of the molecule is CC(C)(C)OC(=O)N1CCN(c2[nH]c(-c3ccc(CCc4ccccc4)nc3)cc2C(=N)N)CC1.